The SMILES string of the molecule is CC#COc1ccc(Oc2ccccc2)cc1. The van der Waals surface area contributed by atoms with Gasteiger partial charge in [-0.05, 0) is 36.4 Å². The molecule has 0 N–H and O–H groups in total. The zero-order valence-electron chi connectivity index (χ0n) is 9.51. The quantitative estimate of drug-likeness (QED) is 0.737. The summed E-state index contributed by atoms with van der Waals surface area (Å²) >= 11 is 0. The first-order valence-corrected chi connectivity index (χ1v) is 5.30. The highest BCUT2D eigenvalue weighted by atomic mass is 16.5. The molecule has 0 spiro atoms. The highest BCUT2D eigenvalue weighted by molar-refractivity contribution is 5.35. The van der Waals surface area contributed by atoms with Crippen LogP contribution in [0.5, 0.6) is 17.2 Å². The van der Waals surface area contributed by atoms with Gasteiger partial charge in [0.2, 0.25) is 0 Å². The van der Waals surface area contributed by atoms with Gasteiger partial charge in [0.25, 0.3) is 0 Å². The van der Waals surface area contributed by atoms with Gasteiger partial charge in [0.05, 0.1) is 0 Å². The Balaban J connectivity index is 2.05. The monoisotopic (exact) mass is 224 g/mol. The van der Waals surface area contributed by atoms with Crippen molar-refractivity contribution in [3.05, 3.63) is 54.6 Å². The van der Waals surface area contributed by atoms with Gasteiger partial charge in [0, 0.05) is 6.92 Å². The molecule has 2 rings (SSSR count). The molecule has 0 aromatic heterocycles. The third-order valence-corrected chi connectivity index (χ3v) is 2.07. The summed E-state index contributed by atoms with van der Waals surface area (Å²) in [6.45, 7) is 1.73. The first-order valence-electron chi connectivity index (χ1n) is 5.30. The largest absolute Gasteiger partial charge is 0.457 e. The summed E-state index contributed by atoms with van der Waals surface area (Å²) in [5.74, 6) is 4.96. The summed E-state index contributed by atoms with van der Waals surface area (Å²) in [7, 11) is 0. The van der Waals surface area contributed by atoms with Gasteiger partial charge in [-0.25, -0.2) is 0 Å². The molecule has 0 radical (unpaired) electrons. The summed E-state index contributed by atoms with van der Waals surface area (Å²) in [6, 6.07) is 17.0. The van der Waals surface area contributed by atoms with Crippen LogP contribution in [0.25, 0.3) is 0 Å². The highest BCUT2D eigenvalue weighted by Gasteiger charge is 1.97. The fraction of sp³-hybridized carbons (Fsp3) is 0.0667. The van der Waals surface area contributed by atoms with Crippen LogP contribution in [0.1, 0.15) is 6.92 Å². The van der Waals surface area contributed by atoms with Gasteiger partial charge >= 0.3 is 0 Å². The topological polar surface area (TPSA) is 18.5 Å². The van der Waals surface area contributed by atoms with Crippen LogP contribution in [0, 0.1) is 12.0 Å². The van der Waals surface area contributed by atoms with E-state index in [-0.39, 0.29) is 0 Å². The second-order valence-corrected chi connectivity index (χ2v) is 3.34. The van der Waals surface area contributed by atoms with E-state index in [4.69, 9.17) is 9.47 Å². The van der Waals surface area contributed by atoms with Crippen molar-refractivity contribution in [1.82, 2.24) is 0 Å². The molecule has 0 aliphatic rings. The molecule has 0 amide bonds. The second-order valence-electron chi connectivity index (χ2n) is 3.34. The second kappa shape index (κ2) is 5.62. The third-order valence-electron chi connectivity index (χ3n) is 2.07. The third kappa shape index (κ3) is 3.29. The minimum atomic E-state index is 0.708. The van der Waals surface area contributed by atoms with Gasteiger partial charge < -0.3 is 9.47 Å². The van der Waals surface area contributed by atoms with Crippen LogP contribution in [-0.2, 0) is 0 Å². The van der Waals surface area contributed by atoms with Gasteiger partial charge in [-0.2, -0.15) is 0 Å². The van der Waals surface area contributed by atoms with E-state index in [1.807, 2.05) is 54.6 Å². The summed E-state index contributed by atoms with van der Waals surface area (Å²) in [6.07, 6.45) is 2.54. The van der Waals surface area contributed by atoms with Crippen molar-refractivity contribution in [2.45, 2.75) is 6.92 Å². The lowest BCUT2D eigenvalue weighted by atomic mass is 10.3. The Hall–Kier alpha value is -2.40. The molecule has 0 aliphatic heterocycles. The van der Waals surface area contributed by atoms with E-state index in [2.05, 4.69) is 12.0 Å². The van der Waals surface area contributed by atoms with Crippen LogP contribution in [-0.4, -0.2) is 0 Å². The van der Waals surface area contributed by atoms with Gasteiger partial charge in [-0.1, -0.05) is 24.1 Å². The minimum Gasteiger partial charge on any atom is -0.457 e. The zero-order valence-corrected chi connectivity index (χ0v) is 9.51. The molecule has 0 fully saturated rings. The van der Waals surface area contributed by atoms with Crippen LogP contribution in [0.15, 0.2) is 54.6 Å². The van der Waals surface area contributed by atoms with E-state index in [0.717, 1.165) is 11.5 Å². The van der Waals surface area contributed by atoms with E-state index in [1.54, 1.807) is 6.92 Å². The molecule has 0 bridgehead atoms. The molecule has 0 saturated carbocycles. The fourth-order valence-electron chi connectivity index (χ4n) is 1.31. The van der Waals surface area contributed by atoms with Crippen molar-refractivity contribution in [2.24, 2.45) is 0 Å². The van der Waals surface area contributed by atoms with Crippen molar-refractivity contribution < 1.29 is 9.47 Å². The lowest BCUT2D eigenvalue weighted by Crippen LogP contribution is -1.85. The molecule has 0 unspecified atom stereocenters. The molecule has 0 aliphatic carbocycles. The van der Waals surface area contributed by atoms with Crippen molar-refractivity contribution in [3.63, 3.8) is 0 Å². The fourth-order valence-corrected chi connectivity index (χ4v) is 1.31. The van der Waals surface area contributed by atoms with E-state index in [1.165, 1.54) is 0 Å². The Kier molecular flexibility index (Phi) is 3.67. The number of hydrogen-bond donors (Lipinski definition) is 0. The lowest BCUT2D eigenvalue weighted by molar-refractivity contribution is 0.478. The summed E-state index contributed by atoms with van der Waals surface area (Å²) in [5, 5.41) is 0. The standard InChI is InChI=1S/C15H12O2/c1-2-12-16-13-8-10-15(11-9-13)17-14-6-4-3-5-7-14/h3-11H,1H3. The predicted octanol–water partition coefficient (Wildman–Crippen LogP) is 3.84. The van der Waals surface area contributed by atoms with Crippen molar-refractivity contribution >= 4 is 0 Å². The van der Waals surface area contributed by atoms with Crippen LogP contribution in [0.4, 0.5) is 0 Å². The van der Waals surface area contributed by atoms with Gasteiger partial charge in [-0.15, -0.1) is 0 Å². The van der Waals surface area contributed by atoms with E-state index < -0.39 is 0 Å². The molecule has 0 atom stereocenters. The first-order chi connectivity index (χ1) is 8.38. The molecule has 2 aromatic rings. The maximum absolute atomic E-state index is 5.65. The molecule has 0 saturated heterocycles. The number of benzene rings is 2. The molecule has 2 nitrogen and oxygen atoms in total. The highest BCUT2D eigenvalue weighted by Crippen LogP contribution is 2.23. The van der Waals surface area contributed by atoms with Crippen LogP contribution in [0.3, 0.4) is 0 Å². The number of ether oxygens (including phenoxy) is 2. The molecule has 84 valence electrons. The maximum Gasteiger partial charge on any atom is 0.140 e. The number of para-hydroxylation sites is 1. The smallest absolute Gasteiger partial charge is 0.140 e. The lowest BCUT2D eigenvalue weighted by Gasteiger charge is -2.05. The zero-order chi connectivity index (χ0) is 11.9. The molecular formula is C15H12O2. The Labute approximate surface area is 101 Å². The van der Waals surface area contributed by atoms with Crippen molar-refractivity contribution in [1.29, 1.82) is 0 Å². The van der Waals surface area contributed by atoms with Crippen molar-refractivity contribution in [2.75, 3.05) is 0 Å². The van der Waals surface area contributed by atoms with Crippen LogP contribution >= 0.6 is 0 Å². The van der Waals surface area contributed by atoms with Crippen LogP contribution in [0.2, 0.25) is 0 Å². The van der Waals surface area contributed by atoms with E-state index >= 15 is 0 Å². The minimum absolute atomic E-state index is 0.708. The molecule has 2 aromatic carbocycles. The number of hydrogen-bond acceptors (Lipinski definition) is 2. The molecular weight excluding hydrogens is 212 g/mol. The van der Waals surface area contributed by atoms with Gasteiger partial charge in [-0.3, -0.25) is 0 Å². The Morgan fingerprint density at radius 1 is 0.765 bits per heavy atom. The van der Waals surface area contributed by atoms with E-state index in [0.29, 0.717) is 5.75 Å². The average molecular weight is 224 g/mol. The van der Waals surface area contributed by atoms with E-state index in [9.17, 15) is 0 Å². The summed E-state index contributed by atoms with van der Waals surface area (Å²) in [4.78, 5) is 0. The molecule has 17 heavy (non-hydrogen) atoms. The van der Waals surface area contributed by atoms with Crippen molar-refractivity contribution in [3.8, 4) is 29.3 Å². The Morgan fingerprint density at radius 3 is 2.00 bits per heavy atom. The van der Waals surface area contributed by atoms with Crippen LogP contribution < -0.4 is 9.47 Å². The maximum atomic E-state index is 5.65. The normalized spacial score (nSPS) is 9.00. The Morgan fingerprint density at radius 2 is 1.35 bits per heavy atom. The van der Waals surface area contributed by atoms with Gasteiger partial charge in [0.1, 0.15) is 23.4 Å². The predicted molar refractivity (Wildman–Crippen MR) is 67.0 cm³/mol. The summed E-state index contributed by atoms with van der Waals surface area (Å²) < 4.78 is 10.8. The molecule has 2 heteroatoms. The average Bonchev–Trinajstić information content (AvgIpc) is 2.39. The Bertz CT molecular complexity index is 518. The summed E-state index contributed by atoms with van der Waals surface area (Å²) in [5.41, 5.74) is 0. The molecule has 0 heterocycles. The number of rotatable bonds is 3. The van der Waals surface area contributed by atoms with Gasteiger partial charge in [0.15, 0.2) is 0 Å². The first kappa shape index (κ1) is 11.1.